The number of halogens is 1. The molecule has 0 bridgehead atoms. The second kappa shape index (κ2) is 7.46. The van der Waals surface area contributed by atoms with Gasteiger partial charge in [0.05, 0.1) is 19.3 Å². The van der Waals surface area contributed by atoms with Gasteiger partial charge in [0.1, 0.15) is 0 Å². The average molecular weight is 442 g/mol. The van der Waals surface area contributed by atoms with E-state index in [4.69, 9.17) is 4.42 Å². The molecule has 2 aromatic heterocycles. The molecule has 0 spiro atoms. The highest BCUT2D eigenvalue weighted by Crippen LogP contribution is 2.23. The third-order valence-electron chi connectivity index (χ3n) is 3.17. The highest BCUT2D eigenvalue weighted by atomic mass is 79.9. The smallest absolute Gasteiger partial charge is 0.322 e. The number of amides is 1. The van der Waals surface area contributed by atoms with Crippen LogP contribution in [0.2, 0.25) is 0 Å². The van der Waals surface area contributed by atoms with Crippen LogP contribution in [0.5, 0.6) is 0 Å². The molecule has 0 saturated carbocycles. The number of thiophene rings is 1. The molecule has 1 aromatic carbocycles. The van der Waals surface area contributed by atoms with Gasteiger partial charge in [-0.15, -0.1) is 16.4 Å². The normalized spacial score (nSPS) is 11.4. The number of carbonyl (C=O) groups excluding carboxylic acids is 1. The quantitative estimate of drug-likeness (QED) is 0.629. The highest BCUT2D eigenvalue weighted by Gasteiger charge is 2.17. The Bertz CT molecular complexity index is 983. The maximum absolute atomic E-state index is 12.2. The number of carbonyl (C=O) groups is 1. The molecule has 0 aliphatic heterocycles. The van der Waals surface area contributed by atoms with Gasteiger partial charge in [-0.2, -0.15) is 0 Å². The molecule has 130 valence electrons. The number of nitrogens with zero attached hydrogens (tertiary/aromatic N) is 2. The first-order chi connectivity index (χ1) is 11.9. The van der Waals surface area contributed by atoms with Crippen molar-refractivity contribution < 1.29 is 17.6 Å². The van der Waals surface area contributed by atoms with Gasteiger partial charge in [0, 0.05) is 6.42 Å². The summed E-state index contributed by atoms with van der Waals surface area (Å²) in [5.41, 5.74) is 0. The fourth-order valence-corrected chi connectivity index (χ4v) is 4.50. The van der Waals surface area contributed by atoms with Crippen LogP contribution in [-0.2, 0) is 16.3 Å². The number of nitrogens with one attached hydrogen (secondary N) is 1. The monoisotopic (exact) mass is 441 g/mol. The Morgan fingerprint density at radius 1 is 1.16 bits per heavy atom. The van der Waals surface area contributed by atoms with Crippen molar-refractivity contribution in [3.05, 3.63) is 57.0 Å². The van der Waals surface area contributed by atoms with E-state index >= 15 is 0 Å². The number of anilines is 1. The summed E-state index contributed by atoms with van der Waals surface area (Å²) in [5.74, 6) is -0.394. The summed E-state index contributed by atoms with van der Waals surface area (Å²) in [4.78, 5) is 12.7. The van der Waals surface area contributed by atoms with Crippen LogP contribution < -0.4 is 5.32 Å². The molecule has 25 heavy (non-hydrogen) atoms. The molecule has 0 unspecified atom stereocenters. The molecular weight excluding hydrogens is 430 g/mol. The second-order valence-electron chi connectivity index (χ2n) is 4.94. The van der Waals surface area contributed by atoms with E-state index in [2.05, 4.69) is 31.4 Å². The van der Waals surface area contributed by atoms with Gasteiger partial charge < -0.3 is 4.42 Å². The van der Waals surface area contributed by atoms with Crippen molar-refractivity contribution in [2.75, 3.05) is 11.1 Å². The zero-order valence-corrected chi connectivity index (χ0v) is 15.9. The van der Waals surface area contributed by atoms with Crippen LogP contribution in [-0.4, -0.2) is 30.3 Å². The molecule has 0 radical (unpaired) electrons. The Morgan fingerprint density at radius 3 is 2.60 bits per heavy atom. The number of aryl methyl sites for hydroxylation is 1. The molecule has 2 heterocycles. The maximum Gasteiger partial charge on any atom is 0.322 e. The largest absolute Gasteiger partial charge is 0.408 e. The van der Waals surface area contributed by atoms with Crippen molar-refractivity contribution >= 4 is 49.0 Å². The molecule has 0 aliphatic carbocycles. The van der Waals surface area contributed by atoms with Gasteiger partial charge in [-0.25, -0.2) is 8.42 Å². The fraction of sp³-hybridized carbons (Fsp3) is 0.133. The van der Waals surface area contributed by atoms with Crippen LogP contribution in [0.3, 0.4) is 0 Å². The zero-order chi connectivity index (χ0) is 17.9. The first-order valence-corrected chi connectivity index (χ1v) is 10.4. The summed E-state index contributed by atoms with van der Waals surface area (Å²) in [6, 6.07) is 11.5. The SMILES string of the molecule is O=C(Nc1nnc(CCS(=O)(=O)c2ccccc2)o1)c1ccc(Br)s1. The first-order valence-electron chi connectivity index (χ1n) is 7.11. The van der Waals surface area contributed by atoms with Gasteiger partial charge in [-0.1, -0.05) is 23.3 Å². The molecule has 3 aromatic rings. The second-order valence-corrected chi connectivity index (χ2v) is 9.51. The minimum Gasteiger partial charge on any atom is -0.408 e. The number of hydrogen-bond acceptors (Lipinski definition) is 7. The lowest BCUT2D eigenvalue weighted by atomic mass is 10.4. The molecule has 7 nitrogen and oxygen atoms in total. The summed E-state index contributed by atoms with van der Waals surface area (Å²) in [6.07, 6.45) is 0.0602. The van der Waals surface area contributed by atoms with Gasteiger partial charge in [0.15, 0.2) is 9.84 Å². The Kier molecular flexibility index (Phi) is 5.30. The summed E-state index contributed by atoms with van der Waals surface area (Å²) < 4.78 is 30.5. The van der Waals surface area contributed by atoms with Gasteiger partial charge in [0.25, 0.3) is 5.91 Å². The molecule has 0 fully saturated rings. The number of hydrogen-bond donors (Lipinski definition) is 1. The van der Waals surface area contributed by atoms with E-state index < -0.39 is 9.84 Å². The van der Waals surface area contributed by atoms with Crippen LogP contribution in [0.15, 0.2) is 55.6 Å². The first kappa shape index (κ1) is 17.8. The summed E-state index contributed by atoms with van der Waals surface area (Å²) >= 11 is 4.55. The Morgan fingerprint density at radius 2 is 1.92 bits per heavy atom. The van der Waals surface area contributed by atoms with E-state index in [0.29, 0.717) is 4.88 Å². The zero-order valence-electron chi connectivity index (χ0n) is 12.7. The van der Waals surface area contributed by atoms with Gasteiger partial charge >= 0.3 is 6.01 Å². The summed E-state index contributed by atoms with van der Waals surface area (Å²) in [6.45, 7) is 0. The van der Waals surface area contributed by atoms with E-state index in [1.54, 1.807) is 30.3 Å². The van der Waals surface area contributed by atoms with E-state index in [-0.39, 0.29) is 34.9 Å². The Labute approximate surface area is 156 Å². The topological polar surface area (TPSA) is 102 Å². The summed E-state index contributed by atoms with van der Waals surface area (Å²) in [5, 5.41) is 9.96. The fourth-order valence-electron chi connectivity index (χ4n) is 1.97. The van der Waals surface area contributed by atoms with Gasteiger partial charge in [0.2, 0.25) is 5.89 Å². The van der Waals surface area contributed by atoms with Crippen molar-refractivity contribution in [3.8, 4) is 0 Å². The lowest BCUT2D eigenvalue weighted by Gasteiger charge is -2.01. The standard InChI is InChI=1S/C15H12BrN3O4S2/c16-12-7-6-11(24-12)14(20)17-15-19-18-13(23-15)8-9-25(21,22)10-4-2-1-3-5-10/h1-7H,8-9H2,(H,17,19,20). The van der Waals surface area contributed by atoms with Crippen LogP contribution in [0.1, 0.15) is 15.6 Å². The Balaban J connectivity index is 1.61. The molecule has 0 saturated heterocycles. The number of sulfone groups is 1. The predicted molar refractivity (Wildman–Crippen MR) is 96.5 cm³/mol. The van der Waals surface area contributed by atoms with Crippen molar-refractivity contribution in [2.45, 2.75) is 11.3 Å². The Hall–Kier alpha value is -2.04. The number of benzene rings is 1. The molecule has 1 amide bonds. The summed E-state index contributed by atoms with van der Waals surface area (Å²) in [7, 11) is -3.43. The maximum atomic E-state index is 12.2. The van der Waals surface area contributed by atoms with Crippen molar-refractivity contribution in [2.24, 2.45) is 0 Å². The van der Waals surface area contributed by atoms with Gasteiger partial charge in [-0.3, -0.25) is 10.1 Å². The minimum absolute atomic E-state index is 0.0602. The molecule has 10 heteroatoms. The third kappa shape index (κ3) is 4.53. The van der Waals surface area contributed by atoms with E-state index in [9.17, 15) is 13.2 Å². The van der Waals surface area contributed by atoms with Gasteiger partial charge in [-0.05, 0) is 40.2 Å². The average Bonchev–Trinajstić information content (AvgIpc) is 3.23. The lowest BCUT2D eigenvalue weighted by Crippen LogP contribution is -2.10. The number of rotatable bonds is 6. The molecule has 0 aliphatic rings. The van der Waals surface area contributed by atoms with Crippen LogP contribution in [0, 0.1) is 0 Å². The third-order valence-corrected chi connectivity index (χ3v) is 6.53. The van der Waals surface area contributed by atoms with E-state index in [0.717, 1.165) is 3.79 Å². The van der Waals surface area contributed by atoms with Crippen molar-refractivity contribution in [1.29, 1.82) is 0 Å². The highest BCUT2D eigenvalue weighted by molar-refractivity contribution is 9.11. The molecule has 0 atom stereocenters. The van der Waals surface area contributed by atoms with Crippen molar-refractivity contribution in [1.82, 2.24) is 10.2 Å². The van der Waals surface area contributed by atoms with Crippen LogP contribution >= 0.6 is 27.3 Å². The van der Waals surface area contributed by atoms with Crippen LogP contribution in [0.25, 0.3) is 0 Å². The van der Waals surface area contributed by atoms with Crippen molar-refractivity contribution in [3.63, 3.8) is 0 Å². The molecular formula is C15H12BrN3O4S2. The predicted octanol–water partition coefficient (Wildman–Crippen LogP) is 3.16. The number of aromatic nitrogens is 2. The van der Waals surface area contributed by atoms with E-state index in [1.165, 1.54) is 23.5 Å². The lowest BCUT2D eigenvalue weighted by molar-refractivity contribution is 0.102. The van der Waals surface area contributed by atoms with Crippen LogP contribution in [0.4, 0.5) is 6.01 Å². The molecule has 1 N–H and O–H groups in total. The minimum atomic E-state index is -3.43. The molecule has 3 rings (SSSR count). The van der Waals surface area contributed by atoms with E-state index in [1.807, 2.05) is 0 Å².